The van der Waals surface area contributed by atoms with Crippen LogP contribution in [0.15, 0.2) is 65.3 Å². The molecule has 5 rings (SSSR count). The first-order chi connectivity index (χ1) is 13.3. The van der Waals surface area contributed by atoms with Crippen molar-refractivity contribution in [3.8, 4) is 0 Å². The molecule has 1 heterocycles. The fourth-order valence-corrected chi connectivity index (χ4v) is 4.66. The first-order valence-electron chi connectivity index (χ1n) is 9.79. The van der Waals surface area contributed by atoms with Crippen molar-refractivity contribution in [3.63, 3.8) is 0 Å². The Morgan fingerprint density at radius 1 is 1.00 bits per heavy atom. The Morgan fingerprint density at radius 2 is 1.85 bits per heavy atom. The molecule has 1 aliphatic carbocycles. The van der Waals surface area contributed by atoms with Gasteiger partial charge in [-0.3, -0.25) is 4.79 Å². The van der Waals surface area contributed by atoms with E-state index < -0.39 is 0 Å². The zero-order valence-electron chi connectivity index (χ0n) is 15.5. The van der Waals surface area contributed by atoms with E-state index in [1.54, 1.807) is 6.26 Å². The third kappa shape index (κ3) is 2.59. The van der Waals surface area contributed by atoms with Gasteiger partial charge in [-0.15, -0.1) is 0 Å². The van der Waals surface area contributed by atoms with E-state index in [1.165, 1.54) is 32.7 Å². The van der Waals surface area contributed by atoms with Gasteiger partial charge < -0.3 is 4.42 Å². The molecule has 0 amide bonds. The predicted molar refractivity (Wildman–Crippen MR) is 110 cm³/mol. The van der Waals surface area contributed by atoms with E-state index in [1.807, 2.05) is 13.0 Å². The average Bonchev–Trinajstić information content (AvgIpc) is 3.22. The molecule has 1 unspecified atom stereocenters. The number of carbonyl (C=O) groups excluding carboxylic acids is 1. The minimum atomic E-state index is 0.103. The number of furan rings is 1. The van der Waals surface area contributed by atoms with Gasteiger partial charge in [-0.25, -0.2) is 0 Å². The number of ketones is 1. The number of benzene rings is 3. The third-order valence-electron chi connectivity index (χ3n) is 6.05. The van der Waals surface area contributed by atoms with Crippen molar-refractivity contribution in [1.29, 1.82) is 0 Å². The highest BCUT2D eigenvalue weighted by molar-refractivity contribution is 6.08. The van der Waals surface area contributed by atoms with E-state index in [2.05, 4.69) is 48.5 Å². The molecule has 0 N–H and O–H groups in total. The summed E-state index contributed by atoms with van der Waals surface area (Å²) in [5.41, 5.74) is 3.97. The summed E-state index contributed by atoms with van der Waals surface area (Å²) in [6.07, 6.45) is 5.23. The van der Waals surface area contributed by atoms with Crippen molar-refractivity contribution in [2.75, 3.05) is 0 Å². The number of Topliss-reactive ketones (excluding diaryl/α,β-unsaturated/α-hetero) is 1. The van der Waals surface area contributed by atoms with Crippen LogP contribution >= 0.6 is 0 Å². The molecule has 0 bridgehead atoms. The van der Waals surface area contributed by atoms with Crippen LogP contribution in [0, 0.1) is 0 Å². The van der Waals surface area contributed by atoms with E-state index in [0.717, 1.165) is 24.8 Å². The second kappa shape index (κ2) is 6.38. The van der Waals surface area contributed by atoms with Crippen molar-refractivity contribution in [3.05, 3.63) is 83.3 Å². The molecule has 4 aromatic rings. The molecule has 0 saturated heterocycles. The minimum absolute atomic E-state index is 0.103. The zero-order chi connectivity index (χ0) is 18.4. The topological polar surface area (TPSA) is 30.2 Å². The molecule has 134 valence electrons. The molecule has 0 radical (unpaired) electrons. The molecule has 0 aliphatic heterocycles. The molecule has 1 aromatic heterocycles. The molecule has 0 fully saturated rings. The van der Waals surface area contributed by atoms with Crippen LogP contribution in [-0.4, -0.2) is 5.78 Å². The van der Waals surface area contributed by atoms with Gasteiger partial charge in [0.2, 0.25) is 0 Å². The van der Waals surface area contributed by atoms with Gasteiger partial charge in [0.25, 0.3) is 0 Å². The normalized spacial score (nSPS) is 16.6. The summed E-state index contributed by atoms with van der Waals surface area (Å²) in [5, 5.41) is 5.34. The lowest BCUT2D eigenvalue weighted by molar-refractivity contribution is 0.0959. The van der Waals surface area contributed by atoms with E-state index >= 15 is 0 Å². The maximum absolute atomic E-state index is 12.2. The van der Waals surface area contributed by atoms with Gasteiger partial charge in [0.15, 0.2) is 11.5 Å². The van der Waals surface area contributed by atoms with Gasteiger partial charge >= 0.3 is 0 Å². The first kappa shape index (κ1) is 16.3. The number of rotatable bonds is 3. The van der Waals surface area contributed by atoms with Gasteiger partial charge in [-0.2, -0.15) is 0 Å². The Balaban J connectivity index is 1.57. The summed E-state index contributed by atoms with van der Waals surface area (Å²) in [5.74, 6) is 1.03. The van der Waals surface area contributed by atoms with Gasteiger partial charge in [0, 0.05) is 12.0 Å². The summed E-state index contributed by atoms with van der Waals surface area (Å²) < 4.78 is 5.53. The molecule has 0 spiro atoms. The predicted octanol–water partition coefficient (Wildman–Crippen LogP) is 6.45. The monoisotopic (exact) mass is 354 g/mol. The molecule has 1 aliphatic rings. The lowest BCUT2D eigenvalue weighted by Crippen LogP contribution is -2.15. The number of aryl methyl sites for hydroxylation is 1. The van der Waals surface area contributed by atoms with E-state index in [9.17, 15) is 4.79 Å². The van der Waals surface area contributed by atoms with Crippen LogP contribution in [0.2, 0.25) is 0 Å². The molecule has 2 nitrogen and oxygen atoms in total. The van der Waals surface area contributed by atoms with Crippen molar-refractivity contribution in [1.82, 2.24) is 0 Å². The Labute approximate surface area is 158 Å². The molecule has 27 heavy (non-hydrogen) atoms. The number of fused-ring (bicyclic) bond motifs is 5. The highest BCUT2D eigenvalue weighted by atomic mass is 16.3. The Hall–Kier alpha value is -2.87. The van der Waals surface area contributed by atoms with E-state index in [0.29, 0.717) is 18.1 Å². The van der Waals surface area contributed by atoms with Crippen LogP contribution in [0.4, 0.5) is 0 Å². The van der Waals surface area contributed by atoms with E-state index in [4.69, 9.17) is 4.42 Å². The number of hydrogen-bond acceptors (Lipinski definition) is 2. The van der Waals surface area contributed by atoms with Crippen molar-refractivity contribution < 1.29 is 9.21 Å². The van der Waals surface area contributed by atoms with Crippen LogP contribution in [0.25, 0.3) is 21.5 Å². The van der Waals surface area contributed by atoms with Crippen molar-refractivity contribution in [2.45, 2.75) is 38.5 Å². The lowest BCUT2D eigenvalue weighted by atomic mass is 9.78. The molecule has 1 atom stereocenters. The Kier molecular flexibility index (Phi) is 3.86. The van der Waals surface area contributed by atoms with Gasteiger partial charge in [0.1, 0.15) is 0 Å². The Bertz CT molecular complexity index is 1170. The maximum atomic E-state index is 12.2. The molecular weight excluding hydrogens is 332 g/mol. The molecule has 2 heteroatoms. The smallest absolute Gasteiger partial charge is 0.198 e. The summed E-state index contributed by atoms with van der Waals surface area (Å²) in [6.45, 7) is 1.89. The second-order valence-corrected chi connectivity index (χ2v) is 7.51. The first-order valence-corrected chi connectivity index (χ1v) is 9.79. The molecule has 0 saturated carbocycles. The molecular formula is C25H22O2. The van der Waals surface area contributed by atoms with Gasteiger partial charge in [-0.05, 0) is 63.9 Å². The lowest BCUT2D eigenvalue weighted by Gasteiger charge is -2.26. The van der Waals surface area contributed by atoms with Crippen LogP contribution in [0.5, 0.6) is 0 Å². The fourth-order valence-electron chi connectivity index (χ4n) is 4.66. The fraction of sp³-hybridized carbons (Fsp3) is 0.240. The van der Waals surface area contributed by atoms with Crippen molar-refractivity contribution in [2.24, 2.45) is 0 Å². The van der Waals surface area contributed by atoms with Crippen LogP contribution in [0.3, 0.4) is 0 Å². The maximum Gasteiger partial charge on any atom is 0.198 e. The number of hydrogen-bond donors (Lipinski definition) is 0. The van der Waals surface area contributed by atoms with Crippen LogP contribution in [-0.2, 0) is 12.8 Å². The summed E-state index contributed by atoms with van der Waals surface area (Å²) in [6, 6.07) is 19.7. The highest BCUT2D eigenvalue weighted by Gasteiger charge is 2.26. The Morgan fingerprint density at radius 3 is 2.74 bits per heavy atom. The van der Waals surface area contributed by atoms with Crippen LogP contribution in [0.1, 0.15) is 52.9 Å². The largest absolute Gasteiger partial charge is 0.461 e. The highest BCUT2D eigenvalue weighted by Crippen LogP contribution is 2.39. The van der Waals surface area contributed by atoms with E-state index in [-0.39, 0.29) is 5.78 Å². The quantitative estimate of drug-likeness (QED) is 0.312. The summed E-state index contributed by atoms with van der Waals surface area (Å²) in [7, 11) is 0. The standard InChI is InChI=1S/C25H22O2/c1-2-24(26)25-21(13-14-27-25)18-8-10-20-17(15-18)9-12-22-19-6-4-3-5-16(19)7-11-23(20)22/h3-7,9,11-14,18H,2,8,10,15H2,1H3. The second-order valence-electron chi connectivity index (χ2n) is 7.51. The summed E-state index contributed by atoms with van der Waals surface area (Å²) >= 11 is 0. The minimum Gasteiger partial charge on any atom is -0.461 e. The SMILES string of the molecule is CCC(=O)c1occc1C1CCc2c(ccc3c2ccc2ccccc23)C1. The van der Waals surface area contributed by atoms with Gasteiger partial charge in [-0.1, -0.05) is 55.5 Å². The summed E-state index contributed by atoms with van der Waals surface area (Å²) in [4.78, 5) is 12.2. The average molecular weight is 354 g/mol. The zero-order valence-corrected chi connectivity index (χ0v) is 15.5. The number of carbonyl (C=O) groups is 1. The molecule has 3 aromatic carbocycles. The third-order valence-corrected chi connectivity index (χ3v) is 6.05. The van der Waals surface area contributed by atoms with Crippen LogP contribution < -0.4 is 0 Å². The van der Waals surface area contributed by atoms with Gasteiger partial charge in [0.05, 0.1) is 6.26 Å². The van der Waals surface area contributed by atoms with Crippen molar-refractivity contribution >= 4 is 27.3 Å².